The molecule has 1 saturated heterocycles. The highest BCUT2D eigenvalue weighted by Gasteiger charge is 2.41. The van der Waals surface area contributed by atoms with Crippen molar-refractivity contribution in [2.45, 2.75) is 18.5 Å². The summed E-state index contributed by atoms with van der Waals surface area (Å²) < 4.78 is 55.4. The smallest absolute Gasteiger partial charge is 0.280 e. The highest BCUT2D eigenvalue weighted by molar-refractivity contribution is 7.87. The average Bonchev–Trinajstić information content (AvgIpc) is 3.23. The molecule has 2 atom stereocenters. The molecule has 32 heavy (non-hydrogen) atoms. The summed E-state index contributed by atoms with van der Waals surface area (Å²) in [6.45, 7) is 0. The average molecular weight is 499 g/mol. The molecular formula is C20H17ClF2N4O3S2. The van der Waals surface area contributed by atoms with Crippen LogP contribution in [0.3, 0.4) is 0 Å². The molecule has 0 saturated carbocycles. The molecule has 12 heteroatoms. The number of rotatable bonds is 4. The summed E-state index contributed by atoms with van der Waals surface area (Å²) in [6.07, 6.45) is 1.26. The molecule has 4 rings (SSSR count). The van der Waals surface area contributed by atoms with Gasteiger partial charge in [-0.3, -0.25) is 9.78 Å². The second-order valence-electron chi connectivity index (χ2n) is 7.16. The van der Waals surface area contributed by atoms with E-state index in [4.69, 9.17) is 11.6 Å². The van der Waals surface area contributed by atoms with Crippen LogP contribution in [0.25, 0.3) is 11.3 Å². The van der Waals surface area contributed by atoms with Crippen molar-refractivity contribution in [3.63, 3.8) is 0 Å². The minimum atomic E-state index is -3.94. The molecule has 1 fully saturated rings. The van der Waals surface area contributed by atoms with Crippen molar-refractivity contribution in [1.82, 2.24) is 14.0 Å². The Morgan fingerprint density at radius 3 is 2.75 bits per heavy atom. The zero-order valence-corrected chi connectivity index (χ0v) is 18.9. The lowest BCUT2D eigenvalue weighted by Crippen LogP contribution is -2.55. The number of aromatic nitrogens is 1. The molecule has 1 aliphatic rings. The van der Waals surface area contributed by atoms with Crippen LogP contribution in [-0.2, 0) is 15.0 Å². The number of carbonyl (C=O) groups is 1. The number of benzene rings is 1. The van der Waals surface area contributed by atoms with Gasteiger partial charge in [0, 0.05) is 28.6 Å². The fraction of sp³-hybridized carbons (Fsp3) is 0.200. The lowest BCUT2D eigenvalue weighted by atomic mass is 10.0. The van der Waals surface area contributed by atoms with Crippen LogP contribution in [-0.4, -0.2) is 36.7 Å². The Labute approximate surface area is 192 Å². The van der Waals surface area contributed by atoms with Gasteiger partial charge in [-0.15, -0.1) is 11.3 Å². The minimum Gasteiger partial charge on any atom is -0.325 e. The predicted molar refractivity (Wildman–Crippen MR) is 119 cm³/mol. The number of halogens is 3. The summed E-state index contributed by atoms with van der Waals surface area (Å²) in [5, 5.41) is 4.22. The number of hydrogen-bond donors (Lipinski definition) is 2. The normalized spacial score (nSPS) is 20.8. The van der Waals surface area contributed by atoms with E-state index >= 15 is 0 Å². The van der Waals surface area contributed by atoms with E-state index in [0.717, 1.165) is 16.6 Å². The number of amides is 1. The third-order valence-electron chi connectivity index (χ3n) is 5.04. The van der Waals surface area contributed by atoms with Crippen LogP contribution >= 0.6 is 22.9 Å². The summed E-state index contributed by atoms with van der Waals surface area (Å²) in [5.41, 5.74) is 1.51. The molecule has 1 aliphatic heterocycles. The molecule has 7 nitrogen and oxygen atoms in total. The van der Waals surface area contributed by atoms with Crippen LogP contribution < -0.4 is 10.0 Å². The molecule has 2 aromatic heterocycles. The second kappa shape index (κ2) is 8.83. The maximum atomic E-state index is 13.4. The van der Waals surface area contributed by atoms with Crippen molar-refractivity contribution in [2.24, 2.45) is 0 Å². The molecule has 3 heterocycles. The number of carbonyl (C=O) groups excluding carboxylic acids is 1. The van der Waals surface area contributed by atoms with E-state index in [-0.39, 0.29) is 17.1 Å². The van der Waals surface area contributed by atoms with Crippen LogP contribution in [0.5, 0.6) is 0 Å². The molecule has 1 amide bonds. The molecule has 0 radical (unpaired) electrons. The van der Waals surface area contributed by atoms with Crippen molar-refractivity contribution in [3.05, 3.63) is 69.5 Å². The first-order chi connectivity index (χ1) is 15.1. The Morgan fingerprint density at radius 1 is 1.28 bits per heavy atom. The third-order valence-corrected chi connectivity index (χ3v) is 7.98. The van der Waals surface area contributed by atoms with E-state index in [2.05, 4.69) is 15.0 Å². The Kier molecular flexibility index (Phi) is 6.28. The molecule has 168 valence electrons. The predicted octanol–water partition coefficient (Wildman–Crippen LogP) is 3.96. The molecule has 1 aromatic carbocycles. The van der Waals surface area contributed by atoms with Crippen molar-refractivity contribution >= 4 is 44.7 Å². The number of nitrogens with zero attached hydrogens (tertiary/aromatic N) is 2. The molecule has 0 spiro atoms. The Bertz CT molecular complexity index is 1270. The van der Waals surface area contributed by atoms with Crippen molar-refractivity contribution in [3.8, 4) is 11.3 Å². The molecule has 0 unspecified atom stereocenters. The first-order valence-electron chi connectivity index (χ1n) is 9.35. The summed E-state index contributed by atoms with van der Waals surface area (Å²) in [5.74, 6) is -1.65. The molecule has 0 aliphatic carbocycles. The van der Waals surface area contributed by atoms with E-state index in [0.29, 0.717) is 16.1 Å². The lowest BCUT2D eigenvalue weighted by molar-refractivity contribution is -0.120. The lowest BCUT2D eigenvalue weighted by Gasteiger charge is -2.35. The zero-order valence-electron chi connectivity index (χ0n) is 16.6. The van der Waals surface area contributed by atoms with Gasteiger partial charge in [0.25, 0.3) is 10.2 Å². The molecular weight excluding hydrogens is 482 g/mol. The minimum absolute atomic E-state index is 0.160. The number of likely N-dealkylation sites (N-methyl/N-ethyl adjacent to an activating group) is 1. The van der Waals surface area contributed by atoms with Gasteiger partial charge >= 0.3 is 0 Å². The van der Waals surface area contributed by atoms with Crippen LogP contribution in [0.15, 0.2) is 48.0 Å². The summed E-state index contributed by atoms with van der Waals surface area (Å²) in [7, 11) is -2.63. The number of anilines is 1. The maximum absolute atomic E-state index is 13.4. The summed E-state index contributed by atoms with van der Waals surface area (Å²) in [4.78, 5) is 17.6. The van der Waals surface area contributed by atoms with E-state index in [1.807, 2.05) is 0 Å². The number of thiophene rings is 1. The van der Waals surface area contributed by atoms with E-state index in [1.54, 1.807) is 11.4 Å². The highest BCUT2D eigenvalue weighted by atomic mass is 35.5. The maximum Gasteiger partial charge on any atom is 0.280 e. The SMILES string of the molecule is CN1[C@@H](C(=O)Nc2ccc(F)c(Cl)c2)C[C@@H](c2cc(-c3ccc(F)cn3)cs2)NS1(=O)=O. The topological polar surface area (TPSA) is 91.4 Å². The number of pyridine rings is 1. The molecule has 0 bridgehead atoms. The Morgan fingerprint density at radius 2 is 2.06 bits per heavy atom. The standard InChI is InChI=1S/C20H17ClF2N4O3S2/c1-27-18(20(28)25-13-3-4-15(23)14(21)7-13)8-17(26-32(27,29)30)19-6-11(10-31-19)16-5-2-12(22)9-24-16/h2-7,9-10,17-18,26H,8H2,1H3,(H,25,28)/t17-,18+/m0/s1. The van der Waals surface area contributed by atoms with Gasteiger partial charge in [0.1, 0.15) is 17.7 Å². The van der Waals surface area contributed by atoms with Gasteiger partial charge in [-0.25, -0.2) is 8.78 Å². The summed E-state index contributed by atoms with van der Waals surface area (Å²) >= 11 is 7.06. The van der Waals surface area contributed by atoms with E-state index in [1.165, 1.54) is 42.6 Å². The van der Waals surface area contributed by atoms with Crippen molar-refractivity contribution in [2.75, 3.05) is 12.4 Å². The quantitative estimate of drug-likeness (QED) is 0.569. The second-order valence-corrected chi connectivity index (χ2v) is 10.3. The van der Waals surface area contributed by atoms with Crippen LogP contribution in [0.1, 0.15) is 17.3 Å². The fourth-order valence-corrected chi connectivity index (χ4v) is 5.80. The van der Waals surface area contributed by atoms with E-state index in [9.17, 15) is 22.0 Å². The number of nitrogens with one attached hydrogen (secondary N) is 2. The van der Waals surface area contributed by atoms with Gasteiger partial charge in [0.15, 0.2) is 0 Å². The Balaban J connectivity index is 1.56. The van der Waals surface area contributed by atoms with Crippen molar-refractivity contribution < 1.29 is 22.0 Å². The van der Waals surface area contributed by atoms with Crippen LogP contribution in [0.4, 0.5) is 14.5 Å². The van der Waals surface area contributed by atoms with Gasteiger partial charge in [0.2, 0.25) is 5.91 Å². The van der Waals surface area contributed by atoms with Gasteiger partial charge in [-0.2, -0.15) is 17.4 Å². The first-order valence-corrected chi connectivity index (χ1v) is 12.1. The zero-order chi connectivity index (χ0) is 23.0. The molecule has 3 aromatic rings. The van der Waals surface area contributed by atoms with Gasteiger partial charge in [-0.1, -0.05) is 11.6 Å². The summed E-state index contributed by atoms with van der Waals surface area (Å²) in [6, 6.07) is 6.63. The van der Waals surface area contributed by atoms with E-state index < -0.39 is 39.8 Å². The Hall–Kier alpha value is -2.44. The first kappa shape index (κ1) is 22.7. The monoisotopic (exact) mass is 498 g/mol. The van der Waals surface area contributed by atoms with Gasteiger partial charge < -0.3 is 5.32 Å². The largest absolute Gasteiger partial charge is 0.325 e. The third kappa shape index (κ3) is 4.66. The van der Waals surface area contributed by atoms with Crippen LogP contribution in [0.2, 0.25) is 5.02 Å². The van der Waals surface area contributed by atoms with Gasteiger partial charge in [-0.05, 0) is 42.8 Å². The fourth-order valence-electron chi connectivity index (χ4n) is 3.31. The van der Waals surface area contributed by atoms with Crippen LogP contribution in [0, 0.1) is 11.6 Å². The van der Waals surface area contributed by atoms with Crippen molar-refractivity contribution in [1.29, 1.82) is 0 Å². The number of hydrogen-bond acceptors (Lipinski definition) is 5. The molecule has 2 N–H and O–H groups in total. The van der Waals surface area contributed by atoms with Gasteiger partial charge in [0.05, 0.1) is 23.0 Å². The highest BCUT2D eigenvalue weighted by Crippen LogP contribution is 2.34.